The van der Waals surface area contributed by atoms with E-state index in [1.165, 1.54) is 11.2 Å². The lowest BCUT2D eigenvalue weighted by molar-refractivity contribution is 0.923. The Morgan fingerprint density at radius 2 is 2.32 bits per heavy atom. The second kappa shape index (κ2) is 5.10. The first-order valence-electron chi connectivity index (χ1n) is 5.80. The van der Waals surface area contributed by atoms with E-state index in [1.807, 2.05) is 6.20 Å². The summed E-state index contributed by atoms with van der Waals surface area (Å²) in [6, 6.07) is 1.72. The van der Waals surface area contributed by atoms with Gasteiger partial charge in [0, 0.05) is 17.1 Å². The summed E-state index contributed by atoms with van der Waals surface area (Å²) in [7, 11) is 0. The Kier molecular flexibility index (Phi) is 3.31. The smallest absolute Gasteiger partial charge is 0.255 e. The van der Waals surface area contributed by atoms with E-state index in [-0.39, 0.29) is 0 Å². The number of rotatable bonds is 4. The molecule has 0 saturated carbocycles. The van der Waals surface area contributed by atoms with Gasteiger partial charge >= 0.3 is 0 Å². The molecule has 19 heavy (non-hydrogen) atoms. The van der Waals surface area contributed by atoms with Crippen molar-refractivity contribution in [2.75, 3.05) is 5.32 Å². The molecular weight excluding hydrogens is 284 g/mol. The maximum atomic E-state index is 5.94. The Morgan fingerprint density at radius 3 is 3.11 bits per heavy atom. The molecule has 0 amide bonds. The molecule has 3 aromatic heterocycles. The highest BCUT2D eigenvalue weighted by atomic mass is 35.5. The number of hydrogen-bond donors (Lipinski definition) is 1. The molecule has 0 radical (unpaired) electrons. The molecule has 0 bridgehead atoms. The highest BCUT2D eigenvalue weighted by Gasteiger charge is 2.07. The van der Waals surface area contributed by atoms with Gasteiger partial charge in [-0.25, -0.2) is 4.98 Å². The summed E-state index contributed by atoms with van der Waals surface area (Å²) in [6.07, 6.45) is 4.36. The summed E-state index contributed by atoms with van der Waals surface area (Å²) in [6.45, 7) is 2.74. The van der Waals surface area contributed by atoms with E-state index in [9.17, 15) is 0 Å². The third kappa shape index (κ3) is 2.52. The minimum absolute atomic E-state index is 0.386. The van der Waals surface area contributed by atoms with Gasteiger partial charge in [0.05, 0.1) is 6.54 Å². The van der Waals surface area contributed by atoms with Gasteiger partial charge in [-0.05, 0) is 6.42 Å². The van der Waals surface area contributed by atoms with Crippen molar-refractivity contribution in [2.24, 2.45) is 0 Å². The Hall–Kier alpha value is -1.73. The van der Waals surface area contributed by atoms with Crippen LogP contribution in [0.1, 0.15) is 16.8 Å². The van der Waals surface area contributed by atoms with Gasteiger partial charge in [-0.15, -0.1) is 11.3 Å². The molecule has 3 heterocycles. The van der Waals surface area contributed by atoms with E-state index >= 15 is 0 Å². The van der Waals surface area contributed by atoms with E-state index in [0.717, 1.165) is 17.2 Å². The molecule has 0 spiro atoms. The van der Waals surface area contributed by atoms with E-state index in [4.69, 9.17) is 11.6 Å². The van der Waals surface area contributed by atoms with Crippen molar-refractivity contribution in [1.82, 2.24) is 24.6 Å². The fraction of sp³-hybridized carbons (Fsp3) is 0.273. The summed E-state index contributed by atoms with van der Waals surface area (Å²) in [4.78, 5) is 13.7. The predicted octanol–water partition coefficient (Wildman–Crippen LogP) is 2.41. The summed E-state index contributed by atoms with van der Waals surface area (Å²) in [5, 5.41) is 8.76. The second-order valence-electron chi connectivity index (χ2n) is 3.86. The topological polar surface area (TPSA) is 68.0 Å². The average Bonchev–Trinajstić information content (AvgIpc) is 3.03. The molecule has 0 atom stereocenters. The number of anilines is 1. The predicted molar refractivity (Wildman–Crippen MR) is 74.6 cm³/mol. The lowest BCUT2D eigenvalue weighted by atomic mass is 10.4. The Bertz CT molecular complexity index is 706. The Balaban J connectivity index is 1.83. The SMILES string of the molecule is CCc1cnc(CNc2cc(Cl)nc3ncnn23)s1. The highest BCUT2D eigenvalue weighted by Crippen LogP contribution is 2.17. The van der Waals surface area contributed by atoms with E-state index in [2.05, 4.69) is 32.3 Å². The summed E-state index contributed by atoms with van der Waals surface area (Å²) in [5.74, 6) is 1.23. The van der Waals surface area contributed by atoms with Crippen LogP contribution in [-0.4, -0.2) is 24.6 Å². The molecular formula is C11H11ClN6S. The normalized spacial score (nSPS) is 11.1. The molecule has 6 nitrogen and oxygen atoms in total. The van der Waals surface area contributed by atoms with Gasteiger partial charge < -0.3 is 5.32 Å². The van der Waals surface area contributed by atoms with Gasteiger partial charge in [-0.1, -0.05) is 18.5 Å². The zero-order valence-electron chi connectivity index (χ0n) is 10.2. The zero-order valence-corrected chi connectivity index (χ0v) is 11.7. The molecule has 0 aliphatic rings. The number of nitrogens with one attached hydrogen (secondary N) is 1. The van der Waals surface area contributed by atoms with Crippen molar-refractivity contribution < 1.29 is 0 Å². The first-order chi connectivity index (χ1) is 9.26. The molecule has 98 valence electrons. The third-order valence-corrected chi connectivity index (χ3v) is 3.93. The summed E-state index contributed by atoms with van der Waals surface area (Å²) >= 11 is 7.64. The van der Waals surface area contributed by atoms with Gasteiger partial charge in [0.15, 0.2) is 0 Å². The number of hydrogen-bond acceptors (Lipinski definition) is 6. The van der Waals surface area contributed by atoms with Gasteiger partial charge in [0.1, 0.15) is 22.3 Å². The van der Waals surface area contributed by atoms with E-state index < -0.39 is 0 Å². The number of fused-ring (bicyclic) bond motifs is 1. The summed E-state index contributed by atoms with van der Waals surface area (Å²) in [5.41, 5.74) is 0. The largest absolute Gasteiger partial charge is 0.363 e. The molecule has 1 N–H and O–H groups in total. The van der Waals surface area contributed by atoms with E-state index in [1.54, 1.807) is 21.9 Å². The maximum Gasteiger partial charge on any atom is 0.255 e. The Labute approximate surface area is 118 Å². The number of aromatic nitrogens is 5. The summed E-state index contributed by atoms with van der Waals surface area (Å²) < 4.78 is 1.61. The molecule has 0 fully saturated rings. The molecule has 8 heteroatoms. The first kappa shape index (κ1) is 12.3. The van der Waals surface area contributed by atoms with Crippen LogP contribution in [0.4, 0.5) is 5.82 Å². The van der Waals surface area contributed by atoms with Crippen LogP contribution in [0, 0.1) is 0 Å². The Morgan fingerprint density at radius 1 is 1.42 bits per heavy atom. The van der Waals surface area contributed by atoms with Crippen molar-refractivity contribution >= 4 is 34.5 Å². The molecule has 0 aliphatic heterocycles. The van der Waals surface area contributed by atoms with Crippen molar-refractivity contribution in [3.8, 4) is 0 Å². The highest BCUT2D eigenvalue weighted by molar-refractivity contribution is 7.11. The van der Waals surface area contributed by atoms with Crippen LogP contribution < -0.4 is 5.32 Å². The molecule has 0 aliphatic carbocycles. The lowest BCUT2D eigenvalue weighted by Crippen LogP contribution is -2.05. The van der Waals surface area contributed by atoms with Crippen molar-refractivity contribution in [3.05, 3.63) is 33.6 Å². The zero-order chi connectivity index (χ0) is 13.2. The van der Waals surface area contributed by atoms with Gasteiger partial charge in [0.2, 0.25) is 0 Å². The van der Waals surface area contributed by atoms with Crippen LogP contribution in [0.25, 0.3) is 5.78 Å². The van der Waals surface area contributed by atoms with Crippen LogP contribution in [0.2, 0.25) is 5.15 Å². The third-order valence-electron chi connectivity index (χ3n) is 2.59. The fourth-order valence-corrected chi connectivity index (χ4v) is 2.65. The van der Waals surface area contributed by atoms with Crippen molar-refractivity contribution in [2.45, 2.75) is 19.9 Å². The monoisotopic (exact) mass is 294 g/mol. The molecule has 0 saturated heterocycles. The minimum Gasteiger partial charge on any atom is -0.363 e. The number of aryl methyl sites for hydroxylation is 1. The quantitative estimate of drug-likeness (QED) is 0.748. The molecule has 0 aromatic carbocycles. The number of thiazole rings is 1. The minimum atomic E-state index is 0.386. The second-order valence-corrected chi connectivity index (χ2v) is 5.45. The number of nitrogens with zero attached hydrogens (tertiary/aromatic N) is 5. The van der Waals surface area contributed by atoms with E-state index in [0.29, 0.717) is 17.5 Å². The molecule has 3 rings (SSSR count). The lowest BCUT2D eigenvalue weighted by Gasteiger charge is -2.06. The fourth-order valence-electron chi connectivity index (χ4n) is 1.67. The van der Waals surface area contributed by atoms with Crippen molar-refractivity contribution in [1.29, 1.82) is 0 Å². The van der Waals surface area contributed by atoms with Crippen LogP contribution in [-0.2, 0) is 13.0 Å². The van der Waals surface area contributed by atoms with Gasteiger partial charge in [0.25, 0.3) is 5.78 Å². The van der Waals surface area contributed by atoms with Crippen molar-refractivity contribution in [3.63, 3.8) is 0 Å². The van der Waals surface area contributed by atoms with Crippen LogP contribution >= 0.6 is 22.9 Å². The van der Waals surface area contributed by atoms with Crippen LogP contribution in [0.3, 0.4) is 0 Å². The first-order valence-corrected chi connectivity index (χ1v) is 6.99. The van der Waals surface area contributed by atoms with Crippen LogP contribution in [0.15, 0.2) is 18.6 Å². The standard InChI is InChI=1S/C11H11ClN6S/c1-2-7-4-14-10(19-7)5-13-9-3-8(12)17-11-15-6-16-18(9)11/h3-4,6,13H,2,5H2,1H3. The van der Waals surface area contributed by atoms with Gasteiger partial charge in [-0.3, -0.25) is 0 Å². The van der Waals surface area contributed by atoms with Gasteiger partial charge in [-0.2, -0.15) is 19.6 Å². The molecule has 0 unspecified atom stereocenters. The molecule has 3 aromatic rings. The average molecular weight is 295 g/mol. The van der Waals surface area contributed by atoms with Crippen LogP contribution in [0.5, 0.6) is 0 Å². The maximum absolute atomic E-state index is 5.94. The number of halogens is 1.